The molecule has 0 unspecified atom stereocenters. The standard InChI is InChI=1S/C27H20N2O5S2/c30-22(12-15-6-2-1-3-7-15)28-23-25(31)29-24(27(32)33)21(14-35-26(23)29)36-16-10-11-18-17-8-4-5-9-19(17)34-20(18)13-16/h1-11,13,23,26H,12,14H2,(H,28,30)(H,32,33)/t23-,26-/m1/s1. The van der Waals surface area contributed by atoms with E-state index in [0.29, 0.717) is 10.7 Å². The second-order valence-electron chi connectivity index (χ2n) is 8.55. The number of β-lactam (4-membered cyclic amide) rings is 1. The number of carboxylic acid groups (broad SMARTS) is 1. The smallest absolute Gasteiger partial charge is 0.353 e. The van der Waals surface area contributed by atoms with Gasteiger partial charge in [0.05, 0.1) is 6.42 Å². The molecule has 2 atom stereocenters. The van der Waals surface area contributed by atoms with Gasteiger partial charge in [-0.15, -0.1) is 11.8 Å². The van der Waals surface area contributed by atoms with Gasteiger partial charge < -0.3 is 14.8 Å². The molecule has 2 aliphatic heterocycles. The predicted molar refractivity (Wildman–Crippen MR) is 139 cm³/mol. The maximum Gasteiger partial charge on any atom is 0.353 e. The highest BCUT2D eigenvalue weighted by Crippen LogP contribution is 2.45. The lowest BCUT2D eigenvalue weighted by Gasteiger charge is -2.49. The quantitative estimate of drug-likeness (QED) is 0.361. The Labute approximate surface area is 214 Å². The number of amides is 2. The van der Waals surface area contributed by atoms with Crippen LogP contribution in [0.5, 0.6) is 0 Å². The predicted octanol–water partition coefficient (Wildman–Crippen LogP) is 4.62. The highest BCUT2D eigenvalue weighted by molar-refractivity contribution is 8.06. The summed E-state index contributed by atoms with van der Waals surface area (Å²) in [5.74, 6) is -1.41. The van der Waals surface area contributed by atoms with Crippen LogP contribution in [-0.2, 0) is 20.8 Å². The Morgan fingerprint density at radius 3 is 2.58 bits per heavy atom. The Hall–Kier alpha value is -3.69. The van der Waals surface area contributed by atoms with Gasteiger partial charge in [0.15, 0.2) is 0 Å². The summed E-state index contributed by atoms with van der Waals surface area (Å²) in [5.41, 5.74) is 2.34. The summed E-state index contributed by atoms with van der Waals surface area (Å²) in [6, 6.07) is 22.1. The molecule has 1 fully saturated rings. The third-order valence-electron chi connectivity index (χ3n) is 6.25. The van der Waals surface area contributed by atoms with Crippen LogP contribution in [0.25, 0.3) is 21.9 Å². The molecule has 0 bridgehead atoms. The Balaban J connectivity index is 1.22. The van der Waals surface area contributed by atoms with E-state index in [-0.39, 0.29) is 18.0 Å². The Morgan fingerprint density at radius 2 is 1.78 bits per heavy atom. The van der Waals surface area contributed by atoms with E-state index in [2.05, 4.69) is 5.32 Å². The summed E-state index contributed by atoms with van der Waals surface area (Å²) in [7, 11) is 0. The fraction of sp³-hybridized carbons (Fsp3) is 0.148. The van der Waals surface area contributed by atoms with Crippen molar-refractivity contribution in [2.45, 2.75) is 22.7 Å². The Kier molecular flexibility index (Phi) is 5.73. The third-order valence-corrected chi connectivity index (χ3v) is 8.79. The Morgan fingerprint density at radius 1 is 1.03 bits per heavy atom. The number of thioether (sulfide) groups is 2. The number of fused-ring (bicyclic) bond motifs is 4. The van der Waals surface area contributed by atoms with Crippen LogP contribution in [0.15, 0.2) is 92.7 Å². The molecule has 0 spiro atoms. The summed E-state index contributed by atoms with van der Waals surface area (Å²) in [5, 5.41) is 14.3. The van der Waals surface area contributed by atoms with E-state index in [0.717, 1.165) is 32.4 Å². The van der Waals surface area contributed by atoms with Gasteiger partial charge in [0.25, 0.3) is 5.91 Å². The van der Waals surface area contributed by atoms with E-state index in [1.165, 1.54) is 28.4 Å². The summed E-state index contributed by atoms with van der Waals surface area (Å²) in [4.78, 5) is 40.4. The topological polar surface area (TPSA) is 99.9 Å². The number of benzene rings is 3. The van der Waals surface area contributed by atoms with Crippen molar-refractivity contribution in [2.24, 2.45) is 0 Å². The number of carboxylic acids is 1. The van der Waals surface area contributed by atoms with Gasteiger partial charge in [0.1, 0.15) is 28.3 Å². The fourth-order valence-corrected chi connectivity index (χ4v) is 7.09. The van der Waals surface area contributed by atoms with Crippen molar-refractivity contribution in [1.82, 2.24) is 10.2 Å². The van der Waals surface area contributed by atoms with Crippen LogP contribution in [0.3, 0.4) is 0 Å². The molecule has 6 rings (SSSR count). The van der Waals surface area contributed by atoms with Crippen LogP contribution in [-0.4, -0.2) is 45.0 Å². The minimum Gasteiger partial charge on any atom is -0.477 e. The molecular formula is C27H20N2O5S2. The first kappa shape index (κ1) is 22.8. The summed E-state index contributed by atoms with van der Waals surface area (Å²) in [6.45, 7) is 0. The summed E-state index contributed by atoms with van der Waals surface area (Å²) >= 11 is 2.78. The highest BCUT2D eigenvalue weighted by atomic mass is 32.2. The Bertz CT molecular complexity index is 1560. The number of carbonyl (C=O) groups excluding carboxylic acids is 2. The molecule has 4 aromatic rings. The number of nitrogens with zero attached hydrogens (tertiary/aromatic N) is 1. The second-order valence-corrected chi connectivity index (χ2v) is 10.8. The molecule has 0 aliphatic carbocycles. The number of hydrogen-bond donors (Lipinski definition) is 2. The number of aliphatic carboxylic acids is 1. The van der Waals surface area contributed by atoms with Crippen LogP contribution < -0.4 is 5.32 Å². The third kappa shape index (κ3) is 3.94. The number of furan rings is 1. The monoisotopic (exact) mass is 516 g/mol. The first-order valence-corrected chi connectivity index (χ1v) is 13.2. The lowest BCUT2D eigenvalue weighted by Crippen LogP contribution is -2.70. The van der Waals surface area contributed by atoms with Crippen molar-refractivity contribution < 1.29 is 23.9 Å². The van der Waals surface area contributed by atoms with Crippen molar-refractivity contribution in [2.75, 3.05) is 5.75 Å². The van der Waals surface area contributed by atoms with Crippen molar-refractivity contribution in [3.8, 4) is 0 Å². The zero-order valence-corrected chi connectivity index (χ0v) is 20.5. The van der Waals surface area contributed by atoms with Gasteiger partial charge in [-0.1, -0.05) is 60.3 Å². The molecule has 3 aromatic carbocycles. The van der Waals surface area contributed by atoms with Gasteiger partial charge in [-0.25, -0.2) is 4.79 Å². The lowest BCUT2D eigenvalue weighted by atomic mass is 10.0. The number of carbonyl (C=O) groups is 3. The molecule has 2 N–H and O–H groups in total. The molecule has 2 aliphatic rings. The van der Waals surface area contributed by atoms with Gasteiger partial charge in [0.2, 0.25) is 5.91 Å². The SMILES string of the molecule is O=C(Cc1ccccc1)N[C@@H]1C(=O)N2C(C(=O)O)=C(Sc3ccc4c(c3)oc3ccccc34)CS[C@H]12. The molecule has 0 saturated carbocycles. The summed E-state index contributed by atoms with van der Waals surface area (Å²) < 4.78 is 5.96. The maximum absolute atomic E-state index is 12.9. The maximum atomic E-state index is 12.9. The van der Waals surface area contributed by atoms with Crippen LogP contribution in [0.1, 0.15) is 5.56 Å². The summed E-state index contributed by atoms with van der Waals surface area (Å²) in [6.07, 6.45) is 0.162. The van der Waals surface area contributed by atoms with Crippen LogP contribution >= 0.6 is 23.5 Å². The minimum absolute atomic E-state index is 0.0213. The van der Waals surface area contributed by atoms with Crippen LogP contribution in [0.4, 0.5) is 0 Å². The molecule has 7 nitrogen and oxygen atoms in total. The van der Waals surface area contributed by atoms with Gasteiger partial charge in [0, 0.05) is 26.3 Å². The van der Waals surface area contributed by atoms with Gasteiger partial charge in [-0.05, 0) is 29.8 Å². The van der Waals surface area contributed by atoms with E-state index in [1.807, 2.05) is 72.8 Å². The van der Waals surface area contributed by atoms with Crippen molar-refractivity contribution >= 4 is 63.2 Å². The molecule has 1 aromatic heterocycles. The average molecular weight is 517 g/mol. The zero-order valence-electron chi connectivity index (χ0n) is 18.8. The average Bonchev–Trinajstić information content (AvgIpc) is 3.25. The van der Waals surface area contributed by atoms with Crippen LogP contribution in [0, 0.1) is 0 Å². The number of nitrogens with one attached hydrogen (secondary N) is 1. The van der Waals surface area contributed by atoms with Crippen LogP contribution in [0.2, 0.25) is 0 Å². The molecule has 36 heavy (non-hydrogen) atoms. The van der Waals surface area contributed by atoms with E-state index < -0.39 is 23.3 Å². The molecule has 2 amide bonds. The normalized spacial score (nSPS) is 19.3. The molecule has 0 radical (unpaired) electrons. The molecule has 1 saturated heterocycles. The highest BCUT2D eigenvalue weighted by Gasteiger charge is 2.54. The fourth-order valence-electron chi connectivity index (χ4n) is 4.59. The van der Waals surface area contributed by atoms with Crippen molar-refractivity contribution in [3.63, 3.8) is 0 Å². The van der Waals surface area contributed by atoms with Crippen molar-refractivity contribution in [1.29, 1.82) is 0 Å². The lowest BCUT2D eigenvalue weighted by molar-refractivity contribution is -0.150. The van der Waals surface area contributed by atoms with E-state index in [4.69, 9.17) is 4.42 Å². The first-order chi connectivity index (χ1) is 17.5. The van der Waals surface area contributed by atoms with Gasteiger partial charge in [-0.2, -0.15) is 0 Å². The van der Waals surface area contributed by atoms with Gasteiger partial charge in [-0.3, -0.25) is 14.5 Å². The van der Waals surface area contributed by atoms with E-state index in [1.54, 1.807) is 0 Å². The second kappa shape index (κ2) is 9.07. The molecule has 3 heterocycles. The molecular weight excluding hydrogens is 496 g/mol. The first-order valence-electron chi connectivity index (χ1n) is 11.3. The minimum atomic E-state index is -1.16. The largest absolute Gasteiger partial charge is 0.477 e. The zero-order chi connectivity index (χ0) is 24.8. The number of hydrogen-bond acceptors (Lipinski definition) is 6. The van der Waals surface area contributed by atoms with Crippen molar-refractivity contribution in [3.05, 3.63) is 89.0 Å². The molecule has 9 heteroatoms. The van der Waals surface area contributed by atoms with E-state index in [9.17, 15) is 19.5 Å². The van der Waals surface area contributed by atoms with Gasteiger partial charge >= 0.3 is 5.97 Å². The molecule has 180 valence electrons. The van der Waals surface area contributed by atoms with E-state index >= 15 is 0 Å². The number of rotatable bonds is 6. The number of para-hydroxylation sites is 1.